The van der Waals surface area contributed by atoms with Crippen LogP contribution in [0.1, 0.15) is 25.5 Å². The Hall–Kier alpha value is -1.61. The van der Waals surface area contributed by atoms with Gasteiger partial charge in [-0.05, 0) is 43.4 Å². The lowest BCUT2D eigenvalue weighted by atomic mass is 10.1. The number of nitrogens with zero attached hydrogens (tertiary/aromatic N) is 1. The fourth-order valence-electron chi connectivity index (χ4n) is 2.61. The molecule has 1 aromatic carbocycles. The Kier molecular flexibility index (Phi) is 3.38. The van der Waals surface area contributed by atoms with Gasteiger partial charge in [0.05, 0.1) is 11.2 Å². The lowest BCUT2D eigenvalue weighted by Crippen LogP contribution is -2.22. The van der Waals surface area contributed by atoms with Crippen molar-refractivity contribution >= 4 is 16.6 Å². The first kappa shape index (κ1) is 12.4. The molecular formula is C16H21N3. The van der Waals surface area contributed by atoms with Gasteiger partial charge in [0.2, 0.25) is 0 Å². The third-order valence-electron chi connectivity index (χ3n) is 4.00. The molecule has 0 aliphatic heterocycles. The van der Waals surface area contributed by atoms with Gasteiger partial charge in [-0.15, -0.1) is 0 Å². The van der Waals surface area contributed by atoms with Crippen LogP contribution in [0.2, 0.25) is 0 Å². The highest BCUT2D eigenvalue weighted by molar-refractivity contribution is 5.90. The largest absolute Gasteiger partial charge is 0.398 e. The Morgan fingerprint density at radius 1 is 1.37 bits per heavy atom. The molecule has 1 aliphatic rings. The number of pyridine rings is 1. The average Bonchev–Trinajstić information content (AvgIpc) is 3.23. The number of nitrogens with two attached hydrogens (primary N) is 1. The number of anilines is 1. The minimum Gasteiger partial charge on any atom is -0.398 e. The molecule has 3 rings (SSSR count). The molecule has 0 saturated heterocycles. The maximum atomic E-state index is 6.08. The number of benzene rings is 1. The molecule has 1 fully saturated rings. The second-order valence-electron chi connectivity index (χ2n) is 5.67. The summed E-state index contributed by atoms with van der Waals surface area (Å²) in [5.41, 5.74) is 8.90. The predicted octanol–water partition coefficient (Wildman–Crippen LogP) is 2.95. The molecule has 100 valence electrons. The Morgan fingerprint density at radius 2 is 2.16 bits per heavy atom. The van der Waals surface area contributed by atoms with Gasteiger partial charge in [-0.25, -0.2) is 0 Å². The summed E-state index contributed by atoms with van der Waals surface area (Å²) in [7, 11) is 0. The lowest BCUT2D eigenvalue weighted by Gasteiger charge is -2.12. The van der Waals surface area contributed by atoms with Crippen LogP contribution in [-0.2, 0) is 6.54 Å². The zero-order valence-corrected chi connectivity index (χ0v) is 11.4. The molecule has 3 nitrogen and oxygen atoms in total. The van der Waals surface area contributed by atoms with E-state index in [1.807, 2.05) is 30.3 Å². The van der Waals surface area contributed by atoms with E-state index in [-0.39, 0.29) is 0 Å². The van der Waals surface area contributed by atoms with Gasteiger partial charge in [0.15, 0.2) is 0 Å². The molecule has 0 bridgehead atoms. The topological polar surface area (TPSA) is 50.9 Å². The first-order valence-electron chi connectivity index (χ1n) is 7.09. The van der Waals surface area contributed by atoms with E-state index >= 15 is 0 Å². The summed E-state index contributed by atoms with van der Waals surface area (Å²) in [5.74, 6) is 1.72. The average molecular weight is 255 g/mol. The van der Waals surface area contributed by atoms with Gasteiger partial charge < -0.3 is 11.1 Å². The molecule has 1 atom stereocenters. The highest BCUT2D eigenvalue weighted by Crippen LogP contribution is 2.36. The number of nitrogen functional groups attached to an aromatic ring is 1. The van der Waals surface area contributed by atoms with Crippen molar-refractivity contribution in [1.29, 1.82) is 0 Å². The van der Waals surface area contributed by atoms with Gasteiger partial charge in [-0.1, -0.05) is 25.1 Å². The van der Waals surface area contributed by atoms with Crippen LogP contribution in [0.3, 0.4) is 0 Å². The van der Waals surface area contributed by atoms with E-state index < -0.39 is 0 Å². The van der Waals surface area contributed by atoms with Crippen molar-refractivity contribution in [3.05, 3.63) is 36.0 Å². The lowest BCUT2D eigenvalue weighted by molar-refractivity contribution is 0.460. The van der Waals surface area contributed by atoms with Crippen molar-refractivity contribution in [2.75, 3.05) is 12.3 Å². The van der Waals surface area contributed by atoms with Crippen molar-refractivity contribution in [2.24, 2.45) is 11.8 Å². The van der Waals surface area contributed by atoms with Crippen LogP contribution in [0.15, 0.2) is 30.3 Å². The fourth-order valence-corrected chi connectivity index (χ4v) is 2.61. The Morgan fingerprint density at radius 3 is 2.95 bits per heavy atom. The molecule has 1 heterocycles. The molecule has 1 aromatic heterocycles. The number of aromatic nitrogens is 1. The molecule has 3 N–H and O–H groups in total. The molecule has 19 heavy (non-hydrogen) atoms. The third-order valence-corrected chi connectivity index (χ3v) is 4.00. The quantitative estimate of drug-likeness (QED) is 0.863. The van der Waals surface area contributed by atoms with Crippen LogP contribution in [-0.4, -0.2) is 11.5 Å². The molecule has 1 saturated carbocycles. The van der Waals surface area contributed by atoms with E-state index in [2.05, 4.69) is 17.2 Å². The SMILES string of the molecule is CC(CNCc1cc(N)c2ccccc2n1)C1CC1. The maximum absolute atomic E-state index is 6.08. The van der Waals surface area contributed by atoms with E-state index in [0.717, 1.165) is 47.2 Å². The van der Waals surface area contributed by atoms with Crippen molar-refractivity contribution in [3.8, 4) is 0 Å². The summed E-state index contributed by atoms with van der Waals surface area (Å²) in [5, 5.41) is 4.54. The van der Waals surface area contributed by atoms with Crippen molar-refractivity contribution < 1.29 is 0 Å². The Labute approximate surface area is 114 Å². The zero-order chi connectivity index (χ0) is 13.2. The number of hydrogen-bond donors (Lipinski definition) is 2. The monoisotopic (exact) mass is 255 g/mol. The zero-order valence-electron chi connectivity index (χ0n) is 11.4. The number of fused-ring (bicyclic) bond motifs is 1. The molecule has 0 amide bonds. The highest BCUT2D eigenvalue weighted by atomic mass is 14.9. The van der Waals surface area contributed by atoms with E-state index in [0.29, 0.717) is 0 Å². The fraction of sp³-hybridized carbons (Fsp3) is 0.438. The van der Waals surface area contributed by atoms with Gasteiger partial charge in [-0.2, -0.15) is 0 Å². The van der Waals surface area contributed by atoms with Gasteiger partial charge in [0.1, 0.15) is 0 Å². The predicted molar refractivity (Wildman–Crippen MR) is 79.8 cm³/mol. The highest BCUT2D eigenvalue weighted by Gasteiger charge is 2.27. The summed E-state index contributed by atoms with van der Waals surface area (Å²) >= 11 is 0. The van der Waals surface area contributed by atoms with Crippen molar-refractivity contribution in [3.63, 3.8) is 0 Å². The van der Waals surface area contributed by atoms with Crippen LogP contribution in [0.25, 0.3) is 10.9 Å². The number of para-hydroxylation sites is 1. The molecule has 0 radical (unpaired) electrons. The van der Waals surface area contributed by atoms with Crippen molar-refractivity contribution in [1.82, 2.24) is 10.3 Å². The van der Waals surface area contributed by atoms with Gasteiger partial charge in [-0.3, -0.25) is 4.98 Å². The number of rotatable bonds is 5. The normalized spacial score (nSPS) is 16.7. The van der Waals surface area contributed by atoms with E-state index in [1.165, 1.54) is 12.8 Å². The van der Waals surface area contributed by atoms with Crippen LogP contribution >= 0.6 is 0 Å². The minimum atomic E-state index is 0.776. The number of hydrogen-bond acceptors (Lipinski definition) is 3. The molecule has 1 aliphatic carbocycles. The van der Waals surface area contributed by atoms with Gasteiger partial charge in [0.25, 0.3) is 0 Å². The van der Waals surface area contributed by atoms with Crippen LogP contribution in [0, 0.1) is 11.8 Å². The van der Waals surface area contributed by atoms with Crippen LogP contribution in [0.5, 0.6) is 0 Å². The van der Waals surface area contributed by atoms with Gasteiger partial charge in [0, 0.05) is 17.6 Å². The minimum absolute atomic E-state index is 0.776. The Bertz CT molecular complexity index is 575. The van der Waals surface area contributed by atoms with Crippen molar-refractivity contribution in [2.45, 2.75) is 26.3 Å². The van der Waals surface area contributed by atoms with Crippen LogP contribution in [0.4, 0.5) is 5.69 Å². The summed E-state index contributed by atoms with van der Waals surface area (Å²) in [6.45, 7) is 4.19. The van der Waals surface area contributed by atoms with E-state index in [9.17, 15) is 0 Å². The molecule has 1 unspecified atom stereocenters. The van der Waals surface area contributed by atoms with Gasteiger partial charge >= 0.3 is 0 Å². The smallest absolute Gasteiger partial charge is 0.0726 e. The second kappa shape index (κ2) is 5.17. The number of nitrogens with one attached hydrogen (secondary N) is 1. The summed E-state index contributed by atoms with van der Waals surface area (Å²) < 4.78 is 0. The van der Waals surface area contributed by atoms with E-state index in [1.54, 1.807) is 0 Å². The maximum Gasteiger partial charge on any atom is 0.0726 e. The van der Waals surface area contributed by atoms with E-state index in [4.69, 9.17) is 5.73 Å². The molecule has 2 aromatic rings. The second-order valence-corrected chi connectivity index (χ2v) is 5.67. The Balaban J connectivity index is 1.67. The summed E-state index contributed by atoms with van der Waals surface area (Å²) in [6, 6.07) is 10.0. The molecule has 0 spiro atoms. The van der Waals surface area contributed by atoms with Crippen LogP contribution < -0.4 is 11.1 Å². The first-order chi connectivity index (χ1) is 9.24. The molecular weight excluding hydrogens is 234 g/mol. The molecule has 3 heteroatoms. The standard InChI is InChI=1S/C16H21N3/c1-11(12-6-7-12)9-18-10-13-8-15(17)14-4-2-3-5-16(14)19-13/h2-5,8,11-12,18H,6-7,9-10H2,1H3,(H2,17,19). The summed E-state index contributed by atoms with van der Waals surface area (Å²) in [6.07, 6.45) is 2.81. The third kappa shape index (κ3) is 2.87. The summed E-state index contributed by atoms with van der Waals surface area (Å²) in [4.78, 5) is 4.65. The first-order valence-corrected chi connectivity index (χ1v) is 7.09.